The predicted octanol–water partition coefficient (Wildman–Crippen LogP) is 1.94. The van der Waals surface area contributed by atoms with E-state index in [0.717, 1.165) is 32.6 Å². The molecule has 3 rings (SSSR count). The summed E-state index contributed by atoms with van der Waals surface area (Å²) >= 11 is 0. The summed E-state index contributed by atoms with van der Waals surface area (Å²) in [6, 6.07) is 6.49. The fourth-order valence-electron chi connectivity index (χ4n) is 2.74. The summed E-state index contributed by atoms with van der Waals surface area (Å²) in [6.07, 6.45) is 3.01. The third kappa shape index (κ3) is 2.45. The number of aromatic nitrogens is 2. The van der Waals surface area contributed by atoms with E-state index in [0.29, 0.717) is 5.92 Å². The Labute approximate surface area is 114 Å². The van der Waals surface area contributed by atoms with Gasteiger partial charge in [0.2, 0.25) is 0 Å². The summed E-state index contributed by atoms with van der Waals surface area (Å²) in [5, 5.41) is 3.41. The number of anilines is 1. The molecule has 1 aliphatic heterocycles. The van der Waals surface area contributed by atoms with E-state index in [9.17, 15) is 0 Å². The van der Waals surface area contributed by atoms with Crippen LogP contribution in [0.1, 0.15) is 19.7 Å². The largest absolute Gasteiger partial charge is 0.355 e. The van der Waals surface area contributed by atoms with E-state index >= 15 is 0 Å². The summed E-state index contributed by atoms with van der Waals surface area (Å²) in [5.41, 5.74) is 1.20. The van der Waals surface area contributed by atoms with Crippen LogP contribution in [-0.4, -0.2) is 35.6 Å². The second kappa shape index (κ2) is 5.21. The Balaban J connectivity index is 2.04. The molecule has 0 spiro atoms. The second-order valence-corrected chi connectivity index (χ2v) is 5.65. The van der Waals surface area contributed by atoms with Crippen LogP contribution in [-0.2, 0) is 6.42 Å². The summed E-state index contributed by atoms with van der Waals surface area (Å²) < 4.78 is 2.32. The molecule has 2 aromatic rings. The van der Waals surface area contributed by atoms with E-state index in [1.54, 1.807) is 0 Å². The fourth-order valence-corrected chi connectivity index (χ4v) is 2.74. The van der Waals surface area contributed by atoms with Gasteiger partial charge < -0.3 is 10.2 Å². The van der Waals surface area contributed by atoms with Gasteiger partial charge in [0.1, 0.15) is 11.6 Å². The van der Waals surface area contributed by atoms with Crippen molar-refractivity contribution in [2.45, 2.75) is 20.3 Å². The molecule has 2 aromatic heterocycles. The third-order valence-corrected chi connectivity index (χ3v) is 3.64. The van der Waals surface area contributed by atoms with Gasteiger partial charge in [0, 0.05) is 32.6 Å². The molecule has 102 valence electrons. The van der Waals surface area contributed by atoms with Crippen molar-refractivity contribution in [3.63, 3.8) is 0 Å². The van der Waals surface area contributed by atoms with Gasteiger partial charge in [-0.05, 0) is 18.1 Å². The minimum Gasteiger partial charge on any atom is -0.355 e. The molecule has 0 unspecified atom stereocenters. The van der Waals surface area contributed by atoms with Crippen molar-refractivity contribution in [3.8, 4) is 0 Å². The highest BCUT2D eigenvalue weighted by atomic mass is 15.3. The van der Waals surface area contributed by atoms with Gasteiger partial charge >= 0.3 is 0 Å². The first-order chi connectivity index (χ1) is 9.25. The predicted molar refractivity (Wildman–Crippen MR) is 78.8 cm³/mol. The Kier molecular flexibility index (Phi) is 3.42. The van der Waals surface area contributed by atoms with E-state index in [1.165, 1.54) is 17.2 Å². The maximum Gasteiger partial charge on any atom is 0.115 e. The number of rotatable bonds is 3. The van der Waals surface area contributed by atoms with Gasteiger partial charge in [-0.1, -0.05) is 19.9 Å². The van der Waals surface area contributed by atoms with Crippen LogP contribution in [0.15, 0.2) is 24.4 Å². The molecule has 0 atom stereocenters. The van der Waals surface area contributed by atoms with Gasteiger partial charge in [0.05, 0.1) is 11.7 Å². The zero-order valence-corrected chi connectivity index (χ0v) is 11.8. The molecule has 1 aliphatic rings. The van der Waals surface area contributed by atoms with Gasteiger partial charge in [-0.25, -0.2) is 4.98 Å². The van der Waals surface area contributed by atoms with Crippen molar-refractivity contribution in [3.05, 3.63) is 30.2 Å². The lowest BCUT2D eigenvalue weighted by molar-refractivity contribution is 0.577. The minimum absolute atomic E-state index is 0.627. The van der Waals surface area contributed by atoms with E-state index in [4.69, 9.17) is 0 Å². The van der Waals surface area contributed by atoms with Crippen molar-refractivity contribution < 1.29 is 0 Å². The Bertz CT molecular complexity index is 552. The molecule has 4 nitrogen and oxygen atoms in total. The molecule has 19 heavy (non-hydrogen) atoms. The standard InChI is InChI=1S/C15H22N4/c1-12(2)10-14-17-11-13-4-3-5-15(19(13)14)18-8-6-16-7-9-18/h3-5,11-12,16H,6-10H2,1-2H3. The van der Waals surface area contributed by atoms with Crippen LogP contribution in [0.25, 0.3) is 5.52 Å². The number of imidazole rings is 1. The Morgan fingerprint density at radius 3 is 2.79 bits per heavy atom. The Hall–Kier alpha value is -1.55. The van der Waals surface area contributed by atoms with Gasteiger partial charge in [-0.3, -0.25) is 4.40 Å². The Morgan fingerprint density at radius 2 is 2.05 bits per heavy atom. The molecule has 4 heteroatoms. The highest BCUT2D eigenvalue weighted by molar-refractivity contribution is 5.56. The molecule has 1 saturated heterocycles. The van der Waals surface area contributed by atoms with Crippen molar-refractivity contribution in [2.75, 3.05) is 31.1 Å². The average Bonchev–Trinajstić information content (AvgIpc) is 2.82. The quantitative estimate of drug-likeness (QED) is 0.913. The van der Waals surface area contributed by atoms with Crippen molar-refractivity contribution in [1.29, 1.82) is 0 Å². The summed E-state index contributed by atoms with van der Waals surface area (Å²) in [4.78, 5) is 7.07. The number of hydrogen-bond acceptors (Lipinski definition) is 3. The number of hydrogen-bond donors (Lipinski definition) is 1. The van der Waals surface area contributed by atoms with E-state index in [1.807, 2.05) is 6.20 Å². The van der Waals surface area contributed by atoms with Gasteiger partial charge in [-0.2, -0.15) is 0 Å². The minimum atomic E-state index is 0.627. The zero-order valence-electron chi connectivity index (χ0n) is 11.8. The summed E-state index contributed by atoms with van der Waals surface area (Å²) in [6.45, 7) is 8.75. The van der Waals surface area contributed by atoms with Crippen LogP contribution in [0.3, 0.4) is 0 Å². The molecular weight excluding hydrogens is 236 g/mol. The molecule has 0 bridgehead atoms. The lowest BCUT2D eigenvalue weighted by Crippen LogP contribution is -2.44. The fraction of sp³-hybridized carbons (Fsp3) is 0.533. The first-order valence-corrected chi connectivity index (χ1v) is 7.16. The highest BCUT2D eigenvalue weighted by Crippen LogP contribution is 2.21. The van der Waals surface area contributed by atoms with E-state index < -0.39 is 0 Å². The van der Waals surface area contributed by atoms with Gasteiger partial charge in [-0.15, -0.1) is 0 Å². The zero-order chi connectivity index (χ0) is 13.2. The summed E-state index contributed by atoms with van der Waals surface area (Å²) in [7, 11) is 0. The molecule has 0 aromatic carbocycles. The van der Waals surface area contributed by atoms with Crippen LogP contribution >= 0.6 is 0 Å². The number of nitrogens with one attached hydrogen (secondary N) is 1. The van der Waals surface area contributed by atoms with Gasteiger partial charge in [0.25, 0.3) is 0 Å². The lowest BCUT2D eigenvalue weighted by atomic mass is 10.1. The van der Waals surface area contributed by atoms with Crippen molar-refractivity contribution in [1.82, 2.24) is 14.7 Å². The topological polar surface area (TPSA) is 32.6 Å². The van der Waals surface area contributed by atoms with Crippen LogP contribution in [0.2, 0.25) is 0 Å². The molecule has 0 radical (unpaired) electrons. The lowest BCUT2D eigenvalue weighted by Gasteiger charge is -2.30. The normalized spacial score (nSPS) is 16.5. The molecular formula is C15H22N4. The third-order valence-electron chi connectivity index (χ3n) is 3.64. The van der Waals surface area contributed by atoms with E-state index in [-0.39, 0.29) is 0 Å². The molecule has 0 amide bonds. The number of nitrogens with zero attached hydrogens (tertiary/aromatic N) is 3. The molecule has 1 N–H and O–H groups in total. The molecule has 3 heterocycles. The maximum atomic E-state index is 4.61. The molecule has 1 fully saturated rings. The SMILES string of the molecule is CC(C)Cc1ncc2cccc(N3CCNCC3)n12. The molecule has 0 saturated carbocycles. The van der Waals surface area contributed by atoms with Crippen LogP contribution in [0.4, 0.5) is 5.82 Å². The average molecular weight is 258 g/mol. The van der Waals surface area contributed by atoms with Crippen molar-refractivity contribution in [2.24, 2.45) is 5.92 Å². The first kappa shape index (κ1) is 12.5. The smallest absolute Gasteiger partial charge is 0.115 e. The van der Waals surface area contributed by atoms with Crippen molar-refractivity contribution >= 4 is 11.3 Å². The highest BCUT2D eigenvalue weighted by Gasteiger charge is 2.16. The number of fused-ring (bicyclic) bond motifs is 1. The van der Waals surface area contributed by atoms with Crippen LogP contribution in [0.5, 0.6) is 0 Å². The van der Waals surface area contributed by atoms with Gasteiger partial charge in [0.15, 0.2) is 0 Å². The monoisotopic (exact) mass is 258 g/mol. The van der Waals surface area contributed by atoms with E-state index in [2.05, 4.69) is 51.6 Å². The molecule has 0 aliphatic carbocycles. The number of pyridine rings is 1. The number of piperazine rings is 1. The maximum absolute atomic E-state index is 4.61. The first-order valence-electron chi connectivity index (χ1n) is 7.16. The second-order valence-electron chi connectivity index (χ2n) is 5.65. The van der Waals surface area contributed by atoms with Crippen LogP contribution < -0.4 is 10.2 Å². The summed E-state index contributed by atoms with van der Waals surface area (Å²) in [5.74, 6) is 3.09. The van der Waals surface area contributed by atoms with Crippen LogP contribution in [0, 0.1) is 5.92 Å². The Morgan fingerprint density at radius 1 is 1.26 bits per heavy atom.